The molecule has 1 aliphatic carbocycles. The van der Waals surface area contributed by atoms with Crippen LogP contribution in [0.4, 0.5) is 17.8 Å². The van der Waals surface area contributed by atoms with E-state index in [9.17, 15) is 0 Å². The first-order valence-electron chi connectivity index (χ1n) is 7.43. The van der Waals surface area contributed by atoms with Crippen LogP contribution in [0.1, 0.15) is 25.7 Å². The van der Waals surface area contributed by atoms with Crippen LogP contribution in [0.5, 0.6) is 0 Å². The number of hydrogen-bond acceptors (Lipinski definition) is 7. The number of likely N-dealkylation sites (N-methyl/N-ethyl adjacent to an activating group) is 1. The Balaban J connectivity index is 1.57. The lowest BCUT2D eigenvalue weighted by molar-refractivity contribution is 0.337. The lowest BCUT2D eigenvalue weighted by Crippen LogP contribution is -2.28. The summed E-state index contributed by atoms with van der Waals surface area (Å²) >= 11 is 0. The van der Waals surface area contributed by atoms with E-state index in [4.69, 9.17) is 5.73 Å². The molecule has 0 unspecified atom stereocenters. The number of nitrogen functional groups attached to an aromatic ring is 1. The second-order valence-electron chi connectivity index (χ2n) is 5.65. The van der Waals surface area contributed by atoms with Gasteiger partial charge in [-0.05, 0) is 32.7 Å². The fourth-order valence-corrected chi connectivity index (χ4v) is 2.56. The summed E-state index contributed by atoms with van der Waals surface area (Å²) in [6.07, 6.45) is 5.05. The van der Waals surface area contributed by atoms with Crippen molar-refractivity contribution in [2.75, 3.05) is 49.2 Å². The molecule has 1 aromatic heterocycles. The van der Waals surface area contributed by atoms with Crippen molar-refractivity contribution >= 4 is 17.8 Å². The Morgan fingerprint density at radius 2 is 2.00 bits per heavy atom. The molecule has 20 heavy (non-hydrogen) atoms. The van der Waals surface area contributed by atoms with Gasteiger partial charge in [-0.3, -0.25) is 0 Å². The molecule has 2 aliphatic rings. The molecule has 1 aromatic rings. The van der Waals surface area contributed by atoms with Gasteiger partial charge >= 0.3 is 0 Å². The number of rotatable bonds is 6. The highest BCUT2D eigenvalue weighted by Crippen LogP contribution is 2.24. The Kier molecular flexibility index (Phi) is 3.86. The number of aromatic nitrogens is 3. The Labute approximate surface area is 119 Å². The Morgan fingerprint density at radius 1 is 1.25 bits per heavy atom. The van der Waals surface area contributed by atoms with Crippen LogP contribution in [-0.2, 0) is 0 Å². The van der Waals surface area contributed by atoms with Gasteiger partial charge in [0.25, 0.3) is 0 Å². The summed E-state index contributed by atoms with van der Waals surface area (Å²) < 4.78 is 0. The van der Waals surface area contributed by atoms with E-state index in [1.54, 1.807) is 0 Å². The van der Waals surface area contributed by atoms with E-state index in [1.165, 1.54) is 25.7 Å². The van der Waals surface area contributed by atoms with Crippen molar-refractivity contribution in [3.63, 3.8) is 0 Å². The lowest BCUT2D eigenvalue weighted by atomic mass is 10.4. The van der Waals surface area contributed by atoms with E-state index in [0.717, 1.165) is 32.2 Å². The van der Waals surface area contributed by atoms with Crippen LogP contribution >= 0.6 is 0 Å². The molecule has 0 bridgehead atoms. The smallest absolute Gasteiger partial charge is 0.231 e. The minimum Gasteiger partial charge on any atom is -0.368 e. The molecule has 2 heterocycles. The van der Waals surface area contributed by atoms with E-state index in [-0.39, 0.29) is 0 Å². The van der Waals surface area contributed by atoms with Crippen molar-refractivity contribution in [3.05, 3.63) is 0 Å². The molecule has 0 spiro atoms. The standard InChI is InChI=1S/C13H23N7/c1-19(10-4-5-10)9-6-15-12-16-11(14)17-13(18-12)20-7-2-3-8-20/h10H,2-9H2,1H3,(H3,14,15,16,17,18). The molecule has 7 nitrogen and oxygen atoms in total. The van der Waals surface area contributed by atoms with Gasteiger partial charge in [0.15, 0.2) is 0 Å². The third-order valence-corrected chi connectivity index (χ3v) is 3.95. The van der Waals surface area contributed by atoms with Crippen LogP contribution in [0.15, 0.2) is 0 Å². The zero-order valence-electron chi connectivity index (χ0n) is 12.0. The molecule has 1 saturated carbocycles. The van der Waals surface area contributed by atoms with Crippen LogP contribution in [0.3, 0.4) is 0 Å². The average Bonchev–Trinajstić information content (AvgIpc) is 3.13. The molecule has 0 amide bonds. The van der Waals surface area contributed by atoms with Crippen LogP contribution in [-0.4, -0.2) is 59.1 Å². The number of hydrogen-bond donors (Lipinski definition) is 2. The molecule has 0 aromatic carbocycles. The maximum absolute atomic E-state index is 5.78. The highest BCUT2D eigenvalue weighted by atomic mass is 15.3. The molecule has 7 heteroatoms. The lowest BCUT2D eigenvalue weighted by Gasteiger charge is -2.17. The molecule has 1 saturated heterocycles. The summed E-state index contributed by atoms with van der Waals surface area (Å²) in [4.78, 5) is 17.4. The molecular weight excluding hydrogens is 254 g/mol. The monoisotopic (exact) mass is 277 g/mol. The van der Waals surface area contributed by atoms with Crippen LogP contribution in [0.2, 0.25) is 0 Å². The van der Waals surface area contributed by atoms with Crippen LogP contribution in [0.25, 0.3) is 0 Å². The number of nitrogens with zero attached hydrogens (tertiary/aromatic N) is 5. The largest absolute Gasteiger partial charge is 0.368 e. The van der Waals surface area contributed by atoms with Gasteiger partial charge < -0.3 is 20.9 Å². The summed E-state index contributed by atoms with van der Waals surface area (Å²) in [5, 5.41) is 3.25. The van der Waals surface area contributed by atoms with Crippen molar-refractivity contribution in [3.8, 4) is 0 Å². The summed E-state index contributed by atoms with van der Waals surface area (Å²) in [7, 11) is 2.16. The fourth-order valence-electron chi connectivity index (χ4n) is 2.56. The molecule has 2 fully saturated rings. The highest BCUT2D eigenvalue weighted by molar-refractivity contribution is 5.42. The molecular formula is C13H23N7. The fraction of sp³-hybridized carbons (Fsp3) is 0.769. The number of nitrogens with two attached hydrogens (primary N) is 1. The quantitative estimate of drug-likeness (QED) is 0.786. The highest BCUT2D eigenvalue weighted by Gasteiger charge is 2.25. The topological polar surface area (TPSA) is 83.2 Å². The second kappa shape index (κ2) is 5.78. The van der Waals surface area contributed by atoms with Crippen molar-refractivity contribution < 1.29 is 0 Å². The van der Waals surface area contributed by atoms with Gasteiger partial charge in [0.1, 0.15) is 0 Å². The summed E-state index contributed by atoms with van der Waals surface area (Å²) in [5.74, 6) is 1.58. The van der Waals surface area contributed by atoms with Crippen molar-refractivity contribution in [1.29, 1.82) is 0 Å². The molecule has 3 N–H and O–H groups in total. The van der Waals surface area contributed by atoms with Crippen molar-refractivity contribution in [2.45, 2.75) is 31.7 Å². The van der Waals surface area contributed by atoms with E-state index in [0.29, 0.717) is 17.8 Å². The zero-order chi connectivity index (χ0) is 13.9. The van der Waals surface area contributed by atoms with Crippen molar-refractivity contribution in [2.24, 2.45) is 0 Å². The third kappa shape index (κ3) is 3.27. The Morgan fingerprint density at radius 3 is 2.70 bits per heavy atom. The summed E-state index contributed by atoms with van der Waals surface area (Å²) in [6.45, 7) is 3.84. The molecule has 110 valence electrons. The SMILES string of the molecule is CN(CCNc1nc(N)nc(N2CCCC2)n1)C1CC1. The van der Waals surface area contributed by atoms with Gasteiger partial charge in [-0.25, -0.2) is 0 Å². The molecule has 0 radical (unpaired) electrons. The molecule has 1 aliphatic heterocycles. The van der Waals surface area contributed by atoms with Crippen LogP contribution < -0.4 is 16.0 Å². The van der Waals surface area contributed by atoms with E-state index in [1.807, 2.05) is 0 Å². The first-order chi connectivity index (χ1) is 9.72. The molecule has 0 atom stereocenters. The first-order valence-corrected chi connectivity index (χ1v) is 7.43. The van der Waals surface area contributed by atoms with Crippen LogP contribution in [0, 0.1) is 0 Å². The number of nitrogens with one attached hydrogen (secondary N) is 1. The van der Waals surface area contributed by atoms with Gasteiger partial charge in [0.2, 0.25) is 17.8 Å². The van der Waals surface area contributed by atoms with Gasteiger partial charge in [-0.1, -0.05) is 0 Å². The van der Waals surface area contributed by atoms with Gasteiger partial charge in [0.05, 0.1) is 0 Å². The minimum absolute atomic E-state index is 0.292. The second-order valence-corrected chi connectivity index (χ2v) is 5.65. The Bertz CT molecular complexity index is 454. The van der Waals surface area contributed by atoms with E-state index >= 15 is 0 Å². The summed E-state index contributed by atoms with van der Waals surface area (Å²) in [5.41, 5.74) is 5.78. The maximum atomic E-state index is 5.78. The maximum Gasteiger partial charge on any atom is 0.231 e. The third-order valence-electron chi connectivity index (χ3n) is 3.95. The first kappa shape index (κ1) is 13.4. The zero-order valence-corrected chi connectivity index (χ0v) is 12.0. The predicted molar refractivity (Wildman–Crippen MR) is 79.8 cm³/mol. The van der Waals surface area contributed by atoms with E-state index < -0.39 is 0 Å². The van der Waals surface area contributed by atoms with E-state index in [2.05, 4.69) is 37.1 Å². The Hall–Kier alpha value is -1.63. The molecule has 3 rings (SSSR count). The minimum atomic E-state index is 0.292. The predicted octanol–water partition coefficient (Wildman–Crippen LogP) is 0.560. The van der Waals surface area contributed by atoms with Gasteiger partial charge in [-0.2, -0.15) is 15.0 Å². The normalized spacial score (nSPS) is 18.8. The number of anilines is 3. The van der Waals surface area contributed by atoms with Gasteiger partial charge in [0, 0.05) is 32.2 Å². The van der Waals surface area contributed by atoms with Crippen molar-refractivity contribution in [1.82, 2.24) is 19.9 Å². The van der Waals surface area contributed by atoms with Gasteiger partial charge in [-0.15, -0.1) is 0 Å². The summed E-state index contributed by atoms with van der Waals surface area (Å²) in [6, 6.07) is 0.778. The average molecular weight is 277 g/mol.